The summed E-state index contributed by atoms with van der Waals surface area (Å²) in [5, 5.41) is 10.3. The summed E-state index contributed by atoms with van der Waals surface area (Å²) >= 11 is 0. The predicted molar refractivity (Wildman–Crippen MR) is 76.1 cm³/mol. The Morgan fingerprint density at radius 3 is 2.62 bits per heavy atom. The van der Waals surface area contributed by atoms with Gasteiger partial charge in [0, 0.05) is 25.4 Å². The molecule has 2 atom stereocenters. The first-order valence-electron chi connectivity index (χ1n) is 7.49. The lowest BCUT2D eigenvalue weighted by Crippen LogP contribution is -2.52. The van der Waals surface area contributed by atoms with Gasteiger partial charge in [0.05, 0.1) is 19.3 Å². The molecular weight excluding hydrogens is 273 g/mol. The van der Waals surface area contributed by atoms with Gasteiger partial charge in [-0.15, -0.1) is 0 Å². The molecule has 116 valence electrons. The van der Waals surface area contributed by atoms with E-state index in [0.717, 1.165) is 12.0 Å². The molecule has 1 heterocycles. The van der Waals surface area contributed by atoms with Gasteiger partial charge in [-0.3, -0.25) is 4.90 Å². The predicted octanol–water partition coefficient (Wildman–Crippen LogP) is 1.91. The van der Waals surface area contributed by atoms with Crippen molar-refractivity contribution >= 4 is 0 Å². The average molecular weight is 295 g/mol. The van der Waals surface area contributed by atoms with E-state index in [0.29, 0.717) is 32.6 Å². The maximum absolute atomic E-state index is 13.0. The van der Waals surface area contributed by atoms with Crippen LogP contribution in [-0.4, -0.2) is 48.2 Å². The van der Waals surface area contributed by atoms with Gasteiger partial charge in [0.1, 0.15) is 5.82 Å². The molecule has 1 N–H and O–H groups in total. The largest absolute Gasteiger partial charge is 0.391 e. The molecule has 21 heavy (non-hydrogen) atoms. The second kappa shape index (κ2) is 6.01. The summed E-state index contributed by atoms with van der Waals surface area (Å²) in [5.74, 6) is -0.744. The van der Waals surface area contributed by atoms with Crippen molar-refractivity contribution in [2.24, 2.45) is 0 Å². The molecule has 1 spiro atoms. The van der Waals surface area contributed by atoms with Crippen LogP contribution in [0.15, 0.2) is 24.3 Å². The van der Waals surface area contributed by atoms with Crippen LogP contribution in [0.2, 0.25) is 0 Å². The second-order valence-corrected chi connectivity index (χ2v) is 6.03. The van der Waals surface area contributed by atoms with E-state index >= 15 is 0 Å². The van der Waals surface area contributed by atoms with E-state index in [4.69, 9.17) is 9.47 Å². The van der Waals surface area contributed by atoms with Crippen molar-refractivity contribution < 1.29 is 19.0 Å². The van der Waals surface area contributed by atoms with Crippen LogP contribution in [0.3, 0.4) is 0 Å². The highest BCUT2D eigenvalue weighted by Crippen LogP contribution is 2.37. The average Bonchev–Trinajstić information content (AvgIpc) is 2.93. The number of hydrogen-bond donors (Lipinski definition) is 1. The van der Waals surface area contributed by atoms with Crippen LogP contribution in [0.25, 0.3) is 0 Å². The number of aliphatic hydroxyl groups excluding tert-OH is 1. The Morgan fingerprint density at radius 1 is 1.29 bits per heavy atom. The van der Waals surface area contributed by atoms with Crippen molar-refractivity contribution in [3.05, 3.63) is 35.6 Å². The third-order valence-electron chi connectivity index (χ3n) is 4.51. The summed E-state index contributed by atoms with van der Waals surface area (Å²) < 4.78 is 24.5. The van der Waals surface area contributed by atoms with Crippen molar-refractivity contribution in [2.75, 3.05) is 20.3 Å². The van der Waals surface area contributed by atoms with Crippen LogP contribution in [-0.2, 0) is 16.0 Å². The number of nitrogens with zero attached hydrogens (tertiary/aromatic N) is 1. The zero-order valence-electron chi connectivity index (χ0n) is 12.3. The molecule has 1 aliphatic heterocycles. The number of rotatable bonds is 3. The molecule has 3 rings (SSSR count). The second-order valence-electron chi connectivity index (χ2n) is 6.03. The fraction of sp³-hybridized carbons (Fsp3) is 0.625. The first kappa shape index (κ1) is 14.9. The van der Waals surface area contributed by atoms with Gasteiger partial charge >= 0.3 is 0 Å². The van der Waals surface area contributed by atoms with Crippen molar-refractivity contribution in [3.63, 3.8) is 0 Å². The molecule has 1 saturated carbocycles. The summed E-state index contributed by atoms with van der Waals surface area (Å²) in [6.45, 7) is 1.92. The molecule has 1 saturated heterocycles. The number of benzene rings is 1. The van der Waals surface area contributed by atoms with E-state index in [1.165, 1.54) is 12.1 Å². The molecule has 0 radical (unpaired) electrons. The van der Waals surface area contributed by atoms with Crippen molar-refractivity contribution in [1.82, 2.24) is 4.90 Å². The van der Waals surface area contributed by atoms with E-state index in [-0.39, 0.29) is 18.0 Å². The highest BCUT2D eigenvalue weighted by molar-refractivity contribution is 5.16. The Hall–Kier alpha value is -1.01. The van der Waals surface area contributed by atoms with Gasteiger partial charge < -0.3 is 14.6 Å². The fourth-order valence-corrected chi connectivity index (χ4v) is 3.32. The topological polar surface area (TPSA) is 41.9 Å². The van der Waals surface area contributed by atoms with Gasteiger partial charge in [-0.05, 0) is 31.2 Å². The van der Waals surface area contributed by atoms with Gasteiger partial charge in [0.2, 0.25) is 0 Å². The first-order valence-corrected chi connectivity index (χ1v) is 7.49. The van der Waals surface area contributed by atoms with Crippen molar-refractivity contribution in [3.8, 4) is 0 Å². The van der Waals surface area contributed by atoms with Crippen LogP contribution in [0.1, 0.15) is 24.8 Å². The molecule has 0 amide bonds. The van der Waals surface area contributed by atoms with E-state index in [9.17, 15) is 9.50 Å². The standard InChI is InChI=1S/C16H22FNO3/c1-18(11-12-2-4-13(17)5-3-12)14-10-16(7-6-15(14)19)20-8-9-21-16/h2-5,14-15,19H,6-11H2,1H3. The van der Waals surface area contributed by atoms with Gasteiger partial charge in [-0.2, -0.15) is 0 Å². The number of halogens is 1. The summed E-state index contributed by atoms with van der Waals surface area (Å²) in [5.41, 5.74) is 1.03. The molecule has 1 aliphatic carbocycles. The van der Waals surface area contributed by atoms with Crippen molar-refractivity contribution in [1.29, 1.82) is 0 Å². The minimum atomic E-state index is -0.513. The lowest BCUT2D eigenvalue weighted by molar-refractivity contribution is -0.204. The molecule has 0 bridgehead atoms. The first-order chi connectivity index (χ1) is 10.1. The van der Waals surface area contributed by atoms with Crippen LogP contribution in [0.4, 0.5) is 4.39 Å². The summed E-state index contributed by atoms with van der Waals surface area (Å²) in [7, 11) is 1.98. The monoisotopic (exact) mass is 295 g/mol. The van der Waals surface area contributed by atoms with E-state index < -0.39 is 5.79 Å². The molecule has 2 aliphatic rings. The van der Waals surface area contributed by atoms with Crippen molar-refractivity contribution in [2.45, 2.75) is 43.7 Å². The number of likely N-dealkylation sites (N-methyl/N-ethyl adjacent to an activating group) is 1. The lowest BCUT2D eigenvalue weighted by atomic mass is 9.86. The minimum absolute atomic E-state index is 0.0121. The molecule has 0 aromatic heterocycles. The summed E-state index contributed by atoms with van der Waals surface area (Å²) in [6.07, 6.45) is 1.72. The minimum Gasteiger partial charge on any atom is -0.391 e. The Morgan fingerprint density at radius 2 is 1.95 bits per heavy atom. The Kier molecular flexibility index (Phi) is 4.26. The maximum Gasteiger partial charge on any atom is 0.170 e. The molecule has 2 unspecified atom stereocenters. The smallest absolute Gasteiger partial charge is 0.170 e. The van der Waals surface area contributed by atoms with E-state index in [2.05, 4.69) is 4.90 Å². The van der Waals surface area contributed by atoms with E-state index in [1.54, 1.807) is 12.1 Å². The zero-order valence-corrected chi connectivity index (χ0v) is 12.3. The third-order valence-corrected chi connectivity index (χ3v) is 4.51. The Balaban J connectivity index is 1.67. The number of hydrogen-bond acceptors (Lipinski definition) is 4. The molecule has 1 aromatic rings. The van der Waals surface area contributed by atoms with E-state index in [1.807, 2.05) is 7.05 Å². The van der Waals surface area contributed by atoms with Crippen LogP contribution in [0, 0.1) is 5.82 Å². The van der Waals surface area contributed by atoms with Gasteiger partial charge in [-0.1, -0.05) is 12.1 Å². The third kappa shape index (κ3) is 3.26. The molecule has 1 aromatic carbocycles. The lowest BCUT2D eigenvalue weighted by Gasteiger charge is -2.42. The molecule has 2 fully saturated rings. The van der Waals surface area contributed by atoms with Crippen LogP contribution >= 0.6 is 0 Å². The quantitative estimate of drug-likeness (QED) is 0.925. The molecule has 5 heteroatoms. The number of aliphatic hydroxyl groups is 1. The van der Waals surface area contributed by atoms with Crippen LogP contribution in [0.5, 0.6) is 0 Å². The highest BCUT2D eigenvalue weighted by Gasteiger charge is 2.45. The fourth-order valence-electron chi connectivity index (χ4n) is 3.32. The van der Waals surface area contributed by atoms with Gasteiger partial charge in [0.25, 0.3) is 0 Å². The van der Waals surface area contributed by atoms with Crippen LogP contribution < -0.4 is 0 Å². The summed E-state index contributed by atoms with van der Waals surface area (Å²) in [4.78, 5) is 2.10. The number of ether oxygens (including phenoxy) is 2. The highest BCUT2D eigenvalue weighted by atomic mass is 19.1. The van der Waals surface area contributed by atoms with Gasteiger partial charge in [0.15, 0.2) is 5.79 Å². The normalized spacial score (nSPS) is 28.4. The molecular formula is C16H22FNO3. The SMILES string of the molecule is CN(Cc1ccc(F)cc1)C1CC2(CCC1O)OCCO2. The zero-order chi connectivity index (χ0) is 14.9. The molecule has 4 nitrogen and oxygen atoms in total. The van der Waals surface area contributed by atoms with Gasteiger partial charge in [-0.25, -0.2) is 4.39 Å². The Labute approximate surface area is 124 Å². The Bertz CT molecular complexity index is 473. The maximum atomic E-state index is 13.0. The summed E-state index contributed by atoms with van der Waals surface area (Å²) in [6, 6.07) is 6.47.